The van der Waals surface area contributed by atoms with Crippen LogP contribution in [0.2, 0.25) is 0 Å². The van der Waals surface area contributed by atoms with Gasteiger partial charge in [0.25, 0.3) is 0 Å². The van der Waals surface area contributed by atoms with Crippen LogP contribution in [0.3, 0.4) is 0 Å². The van der Waals surface area contributed by atoms with Crippen molar-refractivity contribution in [1.82, 2.24) is 5.32 Å². The van der Waals surface area contributed by atoms with Gasteiger partial charge in [0.05, 0.1) is 0 Å². The topological polar surface area (TPSA) is 84.2 Å². The molecule has 0 aromatic heterocycles. The van der Waals surface area contributed by atoms with Crippen molar-refractivity contribution in [3.05, 3.63) is 29.8 Å². The van der Waals surface area contributed by atoms with Crippen LogP contribution in [0.25, 0.3) is 0 Å². The van der Waals surface area contributed by atoms with Crippen molar-refractivity contribution in [3.63, 3.8) is 0 Å². The van der Waals surface area contributed by atoms with Crippen LogP contribution in [-0.2, 0) is 11.3 Å². The summed E-state index contributed by atoms with van der Waals surface area (Å²) in [5, 5.41) is 5.34. The highest BCUT2D eigenvalue weighted by molar-refractivity contribution is 5.87. The van der Waals surface area contributed by atoms with Crippen LogP contribution in [-0.4, -0.2) is 11.9 Å². The molecular formula is C13H19N3O2. The molecule has 5 nitrogen and oxygen atoms in total. The second-order valence-corrected chi connectivity index (χ2v) is 4.22. The number of primary amides is 1. The number of hydrogen-bond acceptors (Lipinski definition) is 2. The lowest BCUT2D eigenvalue weighted by atomic mass is 10.1. The number of urea groups is 1. The molecule has 3 amide bonds. The molecule has 1 rings (SSSR count). The molecule has 0 unspecified atom stereocenters. The molecule has 1 atom stereocenters. The van der Waals surface area contributed by atoms with Crippen molar-refractivity contribution >= 4 is 17.6 Å². The van der Waals surface area contributed by atoms with E-state index in [9.17, 15) is 9.59 Å². The maximum absolute atomic E-state index is 11.6. The lowest BCUT2D eigenvalue weighted by Crippen LogP contribution is -2.28. The highest BCUT2D eigenvalue weighted by atomic mass is 16.2. The molecule has 98 valence electrons. The van der Waals surface area contributed by atoms with Gasteiger partial charge in [0.15, 0.2) is 0 Å². The van der Waals surface area contributed by atoms with E-state index in [1.54, 1.807) is 18.2 Å². The van der Waals surface area contributed by atoms with Gasteiger partial charge < -0.3 is 16.4 Å². The van der Waals surface area contributed by atoms with E-state index in [4.69, 9.17) is 5.73 Å². The maximum atomic E-state index is 11.6. The van der Waals surface area contributed by atoms with Crippen LogP contribution in [0.1, 0.15) is 25.8 Å². The second-order valence-electron chi connectivity index (χ2n) is 4.22. The van der Waals surface area contributed by atoms with Crippen LogP contribution in [0.15, 0.2) is 24.3 Å². The summed E-state index contributed by atoms with van der Waals surface area (Å²) in [5.74, 6) is 0.0442. The van der Waals surface area contributed by atoms with E-state index in [0.29, 0.717) is 12.2 Å². The van der Waals surface area contributed by atoms with Crippen molar-refractivity contribution < 1.29 is 9.59 Å². The molecule has 0 aliphatic carbocycles. The summed E-state index contributed by atoms with van der Waals surface area (Å²) in [6.07, 6.45) is 0.815. The summed E-state index contributed by atoms with van der Waals surface area (Å²) >= 11 is 0. The predicted molar refractivity (Wildman–Crippen MR) is 70.9 cm³/mol. The molecular weight excluding hydrogens is 230 g/mol. The number of hydrogen-bond donors (Lipinski definition) is 3. The Morgan fingerprint density at radius 2 is 2.11 bits per heavy atom. The third kappa shape index (κ3) is 4.45. The average molecular weight is 249 g/mol. The van der Waals surface area contributed by atoms with E-state index in [-0.39, 0.29) is 11.8 Å². The monoisotopic (exact) mass is 249 g/mol. The largest absolute Gasteiger partial charge is 0.352 e. The summed E-state index contributed by atoms with van der Waals surface area (Å²) in [7, 11) is 0. The summed E-state index contributed by atoms with van der Waals surface area (Å²) in [6, 6.07) is 6.60. The molecule has 0 aliphatic rings. The van der Waals surface area contributed by atoms with Gasteiger partial charge >= 0.3 is 6.03 Å². The predicted octanol–water partition coefficient (Wildman–Crippen LogP) is 1.84. The molecule has 0 radical (unpaired) electrons. The Balaban J connectivity index is 2.57. The average Bonchev–Trinajstić information content (AvgIpc) is 2.34. The summed E-state index contributed by atoms with van der Waals surface area (Å²) in [5.41, 5.74) is 6.57. The normalized spacial score (nSPS) is 11.7. The minimum absolute atomic E-state index is 0.0110. The first-order valence-electron chi connectivity index (χ1n) is 5.96. The van der Waals surface area contributed by atoms with E-state index in [1.807, 2.05) is 19.9 Å². The zero-order valence-electron chi connectivity index (χ0n) is 10.7. The number of benzene rings is 1. The van der Waals surface area contributed by atoms with Crippen LogP contribution in [0.4, 0.5) is 10.5 Å². The smallest absolute Gasteiger partial charge is 0.316 e. The Morgan fingerprint density at radius 1 is 1.39 bits per heavy atom. The standard InChI is InChI=1S/C13H19N3O2/c1-3-9(2)12(17)15-8-10-5-4-6-11(7-10)16-13(14)18/h4-7,9H,3,8H2,1-2H3,(H,15,17)(H3,14,16,18)/t9-/m0/s1. The minimum Gasteiger partial charge on any atom is -0.352 e. The van der Waals surface area contributed by atoms with Crippen molar-refractivity contribution in [2.45, 2.75) is 26.8 Å². The summed E-state index contributed by atoms with van der Waals surface area (Å²) in [6.45, 7) is 4.31. The zero-order chi connectivity index (χ0) is 13.5. The Hall–Kier alpha value is -2.04. The lowest BCUT2D eigenvalue weighted by Gasteiger charge is -2.10. The number of nitrogens with one attached hydrogen (secondary N) is 2. The molecule has 1 aromatic carbocycles. The molecule has 0 bridgehead atoms. The number of nitrogens with two attached hydrogens (primary N) is 1. The molecule has 0 fully saturated rings. The molecule has 18 heavy (non-hydrogen) atoms. The van der Waals surface area contributed by atoms with Crippen LogP contribution in [0, 0.1) is 5.92 Å². The van der Waals surface area contributed by atoms with Crippen molar-refractivity contribution in [2.75, 3.05) is 5.32 Å². The van der Waals surface area contributed by atoms with Gasteiger partial charge in [0.1, 0.15) is 0 Å². The van der Waals surface area contributed by atoms with E-state index in [0.717, 1.165) is 12.0 Å². The van der Waals surface area contributed by atoms with Gasteiger partial charge in [-0.25, -0.2) is 4.79 Å². The van der Waals surface area contributed by atoms with Crippen molar-refractivity contribution in [1.29, 1.82) is 0 Å². The van der Waals surface area contributed by atoms with E-state index in [2.05, 4.69) is 10.6 Å². The Labute approximate surface area is 107 Å². The van der Waals surface area contributed by atoms with E-state index in [1.165, 1.54) is 0 Å². The van der Waals surface area contributed by atoms with Gasteiger partial charge in [0, 0.05) is 18.2 Å². The Bertz CT molecular complexity index is 432. The molecule has 0 spiro atoms. The maximum Gasteiger partial charge on any atom is 0.316 e. The third-order valence-corrected chi connectivity index (χ3v) is 2.72. The second kappa shape index (κ2) is 6.64. The first-order valence-corrected chi connectivity index (χ1v) is 5.96. The molecule has 0 saturated heterocycles. The highest BCUT2D eigenvalue weighted by Gasteiger charge is 2.09. The first kappa shape index (κ1) is 14.0. The van der Waals surface area contributed by atoms with Crippen LogP contribution >= 0.6 is 0 Å². The third-order valence-electron chi connectivity index (χ3n) is 2.72. The van der Waals surface area contributed by atoms with Gasteiger partial charge in [-0.3, -0.25) is 4.79 Å². The lowest BCUT2D eigenvalue weighted by molar-refractivity contribution is -0.124. The fourth-order valence-corrected chi connectivity index (χ4v) is 1.45. The number of carbonyl (C=O) groups excluding carboxylic acids is 2. The quantitative estimate of drug-likeness (QED) is 0.744. The Kier molecular flexibility index (Phi) is 5.17. The van der Waals surface area contributed by atoms with Crippen molar-refractivity contribution in [2.24, 2.45) is 11.7 Å². The summed E-state index contributed by atoms with van der Waals surface area (Å²) < 4.78 is 0. The molecule has 0 saturated carbocycles. The fraction of sp³-hybridized carbons (Fsp3) is 0.385. The Morgan fingerprint density at radius 3 is 2.72 bits per heavy atom. The SMILES string of the molecule is CC[C@H](C)C(=O)NCc1cccc(NC(N)=O)c1. The van der Waals surface area contributed by atoms with Gasteiger partial charge in [0.2, 0.25) is 5.91 Å². The summed E-state index contributed by atoms with van der Waals surface area (Å²) in [4.78, 5) is 22.3. The molecule has 4 N–H and O–H groups in total. The number of rotatable bonds is 5. The molecule has 0 heterocycles. The van der Waals surface area contributed by atoms with Gasteiger partial charge in [-0.2, -0.15) is 0 Å². The molecule has 0 aliphatic heterocycles. The van der Waals surface area contributed by atoms with Crippen LogP contribution < -0.4 is 16.4 Å². The van der Waals surface area contributed by atoms with Gasteiger partial charge in [-0.05, 0) is 24.1 Å². The minimum atomic E-state index is -0.601. The number of carbonyl (C=O) groups is 2. The molecule has 5 heteroatoms. The van der Waals surface area contributed by atoms with Gasteiger partial charge in [-0.15, -0.1) is 0 Å². The molecule has 1 aromatic rings. The zero-order valence-corrected chi connectivity index (χ0v) is 10.7. The fourth-order valence-electron chi connectivity index (χ4n) is 1.45. The van der Waals surface area contributed by atoms with Crippen LogP contribution in [0.5, 0.6) is 0 Å². The van der Waals surface area contributed by atoms with E-state index < -0.39 is 6.03 Å². The first-order chi connectivity index (χ1) is 8.52. The van der Waals surface area contributed by atoms with E-state index >= 15 is 0 Å². The number of anilines is 1. The number of amides is 3. The highest BCUT2D eigenvalue weighted by Crippen LogP contribution is 2.10. The van der Waals surface area contributed by atoms with Crippen molar-refractivity contribution in [3.8, 4) is 0 Å². The van der Waals surface area contributed by atoms with Gasteiger partial charge in [-0.1, -0.05) is 26.0 Å².